The monoisotopic (exact) mass is 429 g/mol. The summed E-state index contributed by atoms with van der Waals surface area (Å²) in [5.74, 6) is -0.411. The van der Waals surface area contributed by atoms with Crippen molar-refractivity contribution in [3.05, 3.63) is 59.4 Å². The normalized spacial score (nSPS) is 19.1. The zero-order chi connectivity index (χ0) is 22.8. The highest BCUT2D eigenvalue weighted by molar-refractivity contribution is 6.09. The number of carbonyl (C=O) groups excluding carboxylic acids is 3. The van der Waals surface area contributed by atoms with Crippen LogP contribution < -0.4 is 20.1 Å². The number of ether oxygens (including phenoxy) is 2. The van der Waals surface area contributed by atoms with E-state index in [2.05, 4.69) is 10.6 Å². The standard InChI is InChI=1S/C22H24FN3O5/c1-13(17-11-16(30-3)9-10-18(17)31-4)24-19(27)12-26-20(28)22(2,25-21(26)29)14-5-7-15(23)8-6-14/h5-11,13H,12H2,1-4H3,(H,24,27)(H,25,29). The third kappa shape index (κ3) is 4.30. The van der Waals surface area contributed by atoms with Crippen LogP contribution in [0.5, 0.6) is 11.5 Å². The molecule has 0 aromatic heterocycles. The lowest BCUT2D eigenvalue weighted by atomic mass is 9.92. The van der Waals surface area contributed by atoms with Gasteiger partial charge in [0.25, 0.3) is 5.91 Å². The van der Waals surface area contributed by atoms with Gasteiger partial charge in [-0.25, -0.2) is 9.18 Å². The number of urea groups is 1. The van der Waals surface area contributed by atoms with Crippen molar-refractivity contribution in [1.82, 2.24) is 15.5 Å². The summed E-state index contributed by atoms with van der Waals surface area (Å²) in [6.07, 6.45) is 0. The van der Waals surface area contributed by atoms with E-state index in [9.17, 15) is 18.8 Å². The molecule has 1 fully saturated rings. The van der Waals surface area contributed by atoms with E-state index in [1.54, 1.807) is 25.1 Å². The first kappa shape index (κ1) is 22.1. The Kier molecular flexibility index (Phi) is 6.14. The average molecular weight is 429 g/mol. The Morgan fingerprint density at radius 3 is 2.45 bits per heavy atom. The van der Waals surface area contributed by atoms with Crippen LogP contribution in [0, 0.1) is 5.82 Å². The summed E-state index contributed by atoms with van der Waals surface area (Å²) >= 11 is 0. The lowest BCUT2D eigenvalue weighted by Gasteiger charge is -2.22. The van der Waals surface area contributed by atoms with Crippen molar-refractivity contribution in [2.45, 2.75) is 25.4 Å². The van der Waals surface area contributed by atoms with Gasteiger partial charge in [0.05, 0.1) is 20.3 Å². The van der Waals surface area contributed by atoms with E-state index in [4.69, 9.17) is 9.47 Å². The summed E-state index contributed by atoms with van der Waals surface area (Å²) in [4.78, 5) is 38.8. The number of halogens is 1. The van der Waals surface area contributed by atoms with E-state index in [-0.39, 0.29) is 0 Å². The molecule has 1 aliphatic heterocycles. The van der Waals surface area contributed by atoms with Crippen LogP contribution in [0.4, 0.5) is 9.18 Å². The van der Waals surface area contributed by atoms with Gasteiger partial charge in [-0.2, -0.15) is 0 Å². The molecule has 8 nitrogen and oxygen atoms in total. The zero-order valence-electron chi connectivity index (χ0n) is 17.7. The van der Waals surface area contributed by atoms with Gasteiger partial charge in [-0.1, -0.05) is 12.1 Å². The number of methoxy groups -OCH3 is 2. The molecule has 1 saturated heterocycles. The van der Waals surface area contributed by atoms with E-state index in [1.807, 2.05) is 0 Å². The molecule has 2 atom stereocenters. The predicted octanol–water partition coefficient (Wildman–Crippen LogP) is 2.49. The highest BCUT2D eigenvalue weighted by Gasteiger charge is 2.49. The number of amides is 4. The van der Waals surface area contributed by atoms with Crippen molar-refractivity contribution in [1.29, 1.82) is 0 Å². The minimum absolute atomic E-state index is 0.421. The molecule has 1 aliphatic rings. The second kappa shape index (κ2) is 8.63. The van der Waals surface area contributed by atoms with Gasteiger partial charge >= 0.3 is 6.03 Å². The van der Waals surface area contributed by atoms with Crippen LogP contribution in [0.15, 0.2) is 42.5 Å². The number of hydrogen-bond acceptors (Lipinski definition) is 5. The molecule has 0 aliphatic carbocycles. The fraction of sp³-hybridized carbons (Fsp3) is 0.318. The Labute approximate surface area is 179 Å². The Bertz CT molecular complexity index is 1010. The number of benzene rings is 2. The first-order valence-corrected chi connectivity index (χ1v) is 9.61. The van der Waals surface area contributed by atoms with Gasteiger partial charge in [0.2, 0.25) is 5.91 Å². The molecule has 2 aromatic rings. The van der Waals surface area contributed by atoms with E-state index < -0.39 is 41.8 Å². The summed E-state index contributed by atoms with van der Waals surface area (Å²) in [6, 6.07) is 9.30. The Balaban J connectivity index is 1.73. The minimum atomic E-state index is -1.38. The van der Waals surface area contributed by atoms with Crippen molar-refractivity contribution in [3.63, 3.8) is 0 Å². The molecule has 9 heteroatoms. The Hall–Kier alpha value is -3.62. The molecule has 2 N–H and O–H groups in total. The van der Waals surface area contributed by atoms with Gasteiger partial charge in [-0.15, -0.1) is 0 Å². The van der Waals surface area contributed by atoms with Crippen LogP contribution >= 0.6 is 0 Å². The van der Waals surface area contributed by atoms with Gasteiger partial charge < -0.3 is 20.1 Å². The Morgan fingerprint density at radius 2 is 1.84 bits per heavy atom. The summed E-state index contributed by atoms with van der Waals surface area (Å²) < 4.78 is 23.8. The van der Waals surface area contributed by atoms with E-state index in [1.165, 1.54) is 45.4 Å². The second-order valence-corrected chi connectivity index (χ2v) is 7.35. The SMILES string of the molecule is COc1ccc(OC)c(C(C)NC(=O)CN2C(=O)NC(C)(c3ccc(F)cc3)C2=O)c1. The van der Waals surface area contributed by atoms with E-state index in [0.717, 1.165) is 4.90 Å². The smallest absolute Gasteiger partial charge is 0.325 e. The fourth-order valence-electron chi connectivity index (χ4n) is 3.51. The maximum Gasteiger partial charge on any atom is 0.325 e. The molecular weight excluding hydrogens is 405 g/mol. The summed E-state index contributed by atoms with van der Waals surface area (Å²) in [5.41, 5.74) is -0.277. The largest absolute Gasteiger partial charge is 0.497 e. The van der Waals surface area contributed by atoms with Crippen LogP contribution in [0.2, 0.25) is 0 Å². The van der Waals surface area contributed by atoms with E-state index >= 15 is 0 Å². The van der Waals surface area contributed by atoms with Crippen LogP contribution in [-0.4, -0.2) is 43.5 Å². The molecule has 1 heterocycles. The number of imide groups is 1. The molecule has 0 radical (unpaired) electrons. The summed E-state index contributed by atoms with van der Waals surface area (Å²) in [7, 11) is 3.05. The second-order valence-electron chi connectivity index (χ2n) is 7.35. The molecule has 0 bridgehead atoms. The highest BCUT2D eigenvalue weighted by atomic mass is 19.1. The maximum absolute atomic E-state index is 13.2. The molecule has 2 aromatic carbocycles. The maximum atomic E-state index is 13.2. The van der Waals surface area contributed by atoms with Gasteiger partial charge in [-0.05, 0) is 49.7 Å². The summed E-state index contributed by atoms with van der Waals surface area (Å²) in [5, 5.41) is 5.35. The highest BCUT2D eigenvalue weighted by Crippen LogP contribution is 2.30. The van der Waals surface area contributed by atoms with Gasteiger partial charge in [0.15, 0.2) is 0 Å². The zero-order valence-corrected chi connectivity index (χ0v) is 17.7. The third-order valence-corrected chi connectivity index (χ3v) is 5.28. The third-order valence-electron chi connectivity index (χ3n) is 5.28. The number of rotatable bonds is 7. The van der Waals surface area contributed by atoms with Crippen LogP contribution in [-0.2, 0) is 15.1 Å². The van der Waals surface area contributed by atoms with Crippen molar-refractivity contribution >= 4 is 17.8 Å². The molecule has 0 spiro atoms. The first-order valence-electron chi connectivity index (χ1n) is 9.61. The first-order chi connectivity index (χ1) is 14.7. The predicted molar refractivity (Wildman–Crippen MR) is 110 cm³/mol. The molecule has 0 saturated carbocycles. The lowest BCUT2D eigenvalue weighted by Crippen LogP contribution is -2.43. The van der Waals surface area contributed by atoms with E-state index in [0.29, 0.717) is 22.6 Å². The molecule has 4 amide bonds. The fourth-order valence-corrected chi connectivity index (χ4v) is 3.51. The summed E-state index contributed by atoms with van der Waals surface area (Å²) in [6.45, 7) is 2.81. The molecular formula is C22H24FN3O5. The number of carbonyl (C=O) groups is 3. The lowest BCUT2D eigenvalue weighted by molar-refractivity contribution is -0.135. The van der Waals surface area contributed by atoms with Crippen LogP contribution in [0.3, 0.4) is 0 Å². The van der Waals surface area contributed by atoms with Crippen LogP contribution in [0.25, 0.3) is 0 Å². The molecule has 164 valence electrons. The Morgan fingerprint density at radius 1 is 1.16 bits per heavy atom. The number of hydrogen-bond donors (Lipinski definition) is 2. The average Bonchev–Trinajstić information content (AvgIpc) is 2.97. The van der Waals surface area contributed by atoms with Crippen molar-refractivity contribution in [2.24, 2.45) is 0 Å². The minimum Gasteiger partial charge on any atom is -0.497 e. The van der Waals surface area contributed by atoms with Gasteiger partial charge in [0, 0.05) is 5.56 Å². The van der Waals surface area contributed by atoms with Crippen molar-refractivity contribution < 1.29 is 28.2 Å². The quantitative estimate of drug-likeness (QED) is 0.659. The topological polar surface area (TPSA) is 97.0 Å². The molecule has 2 unspecified atom stereocenters. The number of nitrogens with zero attached hydrogens (tertiary/aromatic N) is 1. The van der Waals surface area contributed by atoms with Crippen molar-refractivity contribution in [3.8, 4) is 11.5 Å². The number of nitrogens with one attached hydrogen (secondary N) is 2. The van der Waals surface area contributed by atoms with Crippen molar-refractivity contribution in [2.75, 3.05) is 20.8 Å². The molecule has 3 rings (SSSR count). The van der Waals surface area contributed by atoms with Crippen LogP contribution in [0.1, 0.15) is 31.0 Å². The molecule has 31 heavy (non-hydrogen) atoms. The van der Waals surface area contributed by atoms with Gasteiger partial charge in [-0.3, -0.25) is 14.5 Å². The van der Waals surface area contributed by atoms with Gasteiger partial charge in [0.1, 0.15) is 29.4 Å².